The average molecular weight is 288 g/mol. The van der Waals surface area contributed by atoms with Gasteiger partial charge in [-0.3, -0.25) is 4.79 Å². The summed E-state index contributed by atoms with van der Waals surface area (Å²) >= 11 is 0. The van der Waals surface area contributed by atoms with Gasteiger partial charge in [-0.15, -0.1) is 0 Å². The molecule has 7 nitrogen and oxygen atoms in total. The number of carbonyl (C=O) groups excluding carboxylic acids is 2. The number of esters is 1. The minimum absolute atomic E-state index is 0.177. The lowest BCUT2D eigenvalue weighted by molar-refractivity contribution is -0.146. The van der Waals surface area contributed by atoms with Crippen LogP contribution in [0.25, 0.3) is 5.69 Å². The molecule has 2 rings (SSSR count). The van der Waals surface area contributed by atoms with Crippen molar-refractivity contribution in [3.63, 3.8) is 0 Å². The van der Waals surface area contributed by atoms with Gasteiger partial charge in [0, 0.05) is 23.8 Å². The highest BCUT2D eigenvalue weighted by Gasteiger charge is 2.23. The summed E-state index contributed by atoms with van der Waals surface area (Å²) < 4.78 is 6.50. The lowest BCUT2D eigenvalue weighted by Crippen LogP contribution is -2.43. The van der Waals surface area contributed by atoms with Crippen LogP contribution in [0, 0.1) is 0 Å². The van der Waals surface area contributed by atoms with Crippen LogP contribution in [0.2, 0.25) is 0 Å². The summed E-state index contributed by atoms with van der Waals surface area (Å²) in [6.07, 6.45) is 5.08. The van der Waals surface area contributed by atoms with E-state index < -0.39 is 17.9 Å². The highest BCUT2D eigenvalue weighted by atomic mass is 16.5. The highest BCUT2D eigenvalue weighted by molar-refractivity contribution is 6.08. The zero-order valence-electron chi connectivity index (χ0n) is 11.5. The van der Waals surface area contributed by atoms with E-state index in [1.165, 1.54) is 0 Å². The molecule has 1 amide bonds. The van der Waals surface area contributed by atoms with Crippen LogP contribution in [-0.4, -0.2) is 34.1 Å². The number of rotatable bonds is 5. The molecule has 1 heterocycles. The van der Waals surface area contributed by atoms with Gasteiger partial charge in [-0.05, 0) is 25.1 Å². The van der Waals surface area contributed by atoms with Crippen molar-refractivity contribution in [3.05, 3.63) is 43.0 Å². The van der Waals surface area contributed by atoms with Gasteiger partial charge in [0.05, 0.1) is 12.9 Å². The van der Waals surface area contributed by atoms with Crippen molar-refractivity contribution in [1.82, 2.24) is 9.55 Å². The number of ether oxygens (including phenoxy) is 1. The van der Waals surface area contributed by atoms with Crippen molar-refractivity contribution < 1.29 is 14.3 Å². The molecule has 110 valence electrons. The molecular weight excluding hydrogens is 272 g/mol. The van der Waals surface area contributed by atoms with E-state index in [0.717, 1.165) is 5.69 Å². The Morgan fingerprint density at radius 1 is 1.48 bits per heavy atom. The molecule has 2 aromatic rings. The van der Waals surface area contributed by atoms with E-state index in [-0.39, 0.29) is 6.61 Å². The van der Waals surface area contributed by atoms with Crippen LogP contribution >= 0.6 is 0 Å². The second-order valence-electron chi connectivity index (χ2n) is 4.24. The van der Waals surface area contributed by atoms with Gasteiger partial charge in [-0.1, -0.05) is 6.07 Å². The molecule has 0 saturated carbocycles. The molecule has 0 aliphatic carbocycles. The largest absolute Gasteiger partial charge is 0.464 e. The molecule has 1 aromatic carbocycles. The molecule has 0 radical (unpaired) electrons. The molecule has 1 atom stereocenters. The third kappa shape index (κ3) is 3.67. The average Bonchev–Trinajstić information content (AvgIpc) is 3.01. The SMILES string of the molecule is CCOC(=O)C(N)C(=O)Nc1cccc(-n2ccnc2)c1. The first kappa shape index (κ1) is 14.7. The zero-order chi connectivity index (χ0) is 15.2. The molecule has 0 bridgehead atoms. The normalized spacial score (nSPS) is 11.7. The maximum absolute atomic E-state index is 11.9. The van der Waals surface area contributed by atoms with Crippen LogP contribution in [0.1, 0.15) is 6.92 Å². The van der Waals surface area contributed by atoms with E-state index in [9.17, 15) is 9.59 Å². The number of carbonyl (C=O) groups is 2. The van der Waals surface area contributed by atoms with Gasteiger partial charge < -0.3 is 20.4 Å². The fraction of sp³-hybridized carbons (Fsp3) is 0.214. The van der Waals surface area contributed by atoms with Crippen LogP contribution < -0.4 is 11.1 Å². The van der Waals surface area contributed by atoms with E-state index in [1.807, 2.05) is 6.07 Å². The summed E-state index contributed by atoms with van der Waals surface area (Å²) in [6.45, 7) is 1.83. The molecule has 0 saturated heterocycles. The van der Waals surface area contributed by atoms with E-state index in [1.54, 1.807) is 48.4 Å². The third-order valence-corrected chi connectivity index (χ3v) is 2.74. The summed E-state index contributed by atoms with van der Waals surface area (Å²) in [4.78, 5) is 27.2. The molecule has 0 aliphatic heterocycles. The van der Waals surface area contributed by atoms with Crippen molar-refractivity contribution in [1.29, 1.82) is 0 Å². The number of anilines is 1. The number of amides is 1. The van der Waals surface area contributed by atoms with Crippen LogP contribution in [0.15, 0.2) is 43.0 Å². The van der Waals surface area contributed by atoms with Gasteiger partial charge in [-0.2, -0.15) is 0 Å². The smallest absolute Gasteiger partial charge is 0.332 e. The second kappa shape index (κ2) is 6.67. The number of aromatic nitrogens is 2. The Labute approximate surface area is 121 Å². The summed E-state index contributed by atoms with van der Waals surface area (Å²) in [7, 11) is 0. The lowest BCUT2D eigenvalue weighted by Gasteiger charge is -2.12. The van der Waals surface area contributed by atoms with Crippen LogP contribution in [0.3, 0.4) is 0 Å². The monoisotopic (exact) mass is 288 g/mol. The molecular formula is C14H16N4O3. The third-order valence-electron chi connectivity index (χ3n) is 2.74. The van der Waals surface area contributed by atoms with Gasteiger partial charge >= 0.3 is 5.97 Å². The number of nitrogens with one attached hydrogen (secondary N) is 1. The molecule has 3 N–H and O–H groups in total. The summed E-state index contributed by atoms with van der Waals surface area (Å²) in [5.74, 6) is -1.36. The fourth-order valence-corrected chi connectivity index (χ4v) is 1.72. The Balaban J connectivity index is 2.08. The molecule has 0 fully saturated rings. The number of hydrogen-bond acceptors (Lipinski definition) is 5. The van der Waals surface area contributed by atoms with Crippen molar-refractivity contribution in [2.24, 2.45) is 5.73 Å². The molecule has 7 heteroatoms. The van der Waals surface area contributed by atoms with Crippen molar-refractivity contribution in [2.45, 2.75) is 13.0 Å². The number of imidazole rings is 1. The van der Waals surface area contributed by atoms with Crippen molar-refractivity contribution >= 4 is 17.6 Å². The van der Waals surface area contributed by atoms with Crippen molar-refractivity contribution in [2.75, 3.05) is 11.9 Å². The second-order valence-corrected chi connectivity index (χ2v) is 4.24. The Hall–Kier alpha value is -2.67. The van der Waals surface area contributed by atoms with Crippen LogP contribution in [0.5, 0.6) is 0 Å². The Bertz CT molecular complexity index is 625. The minimum Gasteiger partial charge on any atom is -0.464 e. The predicted octanol–water partition coefficient (Wildman–Crippen LogP) is 0.701. The lowest BCUT2D eigenvalue weighted by atomic mass is 10.2. The Kier molecular flexibility index (Phi) is 4.68. The summed E-state index contributed by atoms with van der Waals surface area (Å²) in [5, 5.41) is 2.58. The molecule has 1 aromatic heterocycles. The quantitative estimate of drug-likeness (QED) is 0.623. The van der Waals surface area contributed by atoms with Gasteiger partial charge in [0.2, 0.25) is 0 Å². The van der Waals surface area contributed by atoms with Gasteiger partial charge in [-0.25, -0.2) is 9.78 Å². The first-order valence-electron chi connectivity index (χ1n) is 6.43. The summed E-state index contributed by atoms with van der Waals surface area (Å²) in [5.41, 5.74) is 6.89. The first-order chi connectivity index (χ1) is 10.1. The first-order valence-corrected chi connectivity index (χ1v) is 6.43. The Morgan fingerprint density at radius 3 is 2.95 bits per heavy atom. The predicted molar refractivity (Wildman–Crippen MR) is 76.8 cm³/mol. The van der Waals surface area contributed by atoms with Crippen molar-refractivity contribution in [3.8, 4) is 5.69 Å². The molecule has 0 aliphatic rings. The number of hydrogen-bond donors (Lipinski definition) is 2. The topological polar surface area (TPSA) is 99.2 Å². The van der Waals surface area contributed by atoms with Gasteiger partial charge in [0.25, 0.3) is 5.91 Å². The standard InChI is InChI=1S/C14H16N4O3/c1-2-21-14(20)12(15)13(19)17-10-4-3-5-11(8-10)18-7-6-16-9-18/h3-9,12H,2,15H2,1H3,(H,17,19). The fourth-order valence-electron chi connectivity index (χ4n) is 1.72. The van der Waals surface area contributed by atoms with E-state index in [2.05, 4.69) is 10.3 Å². The maximum Gasteiger partial charge on any atom is 0.332 e. The summed E-state index contributed by atoms with van der Waals surface area (Å²) in [6, 6.07) is 5.75. The Morgan fingerprint density at radius 2 is 2.29 bits per heavy atom. The van der Waals surface area contributed by atoms with Crippen LogP contribution in [-0.2, 0) is 14.3 Å². The molecule has 0 spiro atoms. The van der Waals surface area contributed by atoms with Crippen LogP contribution in [0.4, 0.5) is 5.69 Å². The molecule has 1 unspecified atom stereocenters. The van der Waals surface area contributed by atoms with E-state index in [4.69, 9.17) is 10.5 Å². The maximum atomic E-state index is 11.9. The van der Waals surface area contributed by atoms with Gasteiger partial charge in [0.1, 0.15) is 0 Å². The number of benzene rings is 1. The van der Waals surface area contributed by atoms with Gasteiger partial charge in [0.15, 0.2) is 6.04 Å². The minimum atomic E-state index is -1.35. The highest BCUT2D eigenvalue weighted by Crippen LogP contribution is 2.14. The van der Waals surface area contributed by atoms with E-state index in [0.29, 0.717) is 5.69 Å². The number of nitrogens with two attached hydrogens (primary N) is 1. The van der Waals surface area contributed by atoms with E-state index >= 15 is 0 Å². The number of nitrogens with zero attached hydrogens (tertiary/aromatic N) is 2. The molecule has 21 heavy (non-hydrogen) atoms. The zero-order valence-corrected chi connectivity index (χ0v) is 11.5.